The fraction of sp³-hybridized carbons (Fsp3) is 0.783. The Labute approximate surface area is 207 Å². The van der Waals surface area contributed by atoms with Crippen molar-refractivity contribution >= 4 is 29.6 Å². The van der Waals surface area contributed by atoms with Gasteiger partial charge in [0.25, 0.3) is 0 Å². The van der Waals surface area contributed by atoms with E-state index >= 15 is 0 Å². The topological polar surface area (TPSA) is 220 Å². The molecule has 0 fully saturated rings. The zero-order chi connectivity index (χ0) is 27.1. The fourth-order valence-corrected chi connectivity index (χ4v) is 3.45. The SMILES string of the molecule is CC(C)CC(N)C(=O)NC(CCC(N)=O)C(=O)NC(CCCCN)C(=O)NC(CC(C)C)C(=O)O. The first-order valence-electron chi connectivity index (χ1n) is 12.2. The molecule has 0 aliphatic carbocycles. The zero-order valence-corrected chi connectivity index (χ0v) is 21.3. The van der Waals surface area contributed by atoms with Crippen molar-refractivity contribution in [3.8, 4) is 0 Å². The Morgan fingerprint density at radius 3 is 1.69 bits per heavy atom. The van der Waals surface area contributed by atoms with Crippen LogP contribution in [0.25, 0.3) is 0 Å². The molecule has 10 N–H and O–H groups in total. The van der Waals surface area contributed by atoms with Crippen LogP contribution in [0.15, 0.2) is 0 Å². The Bertz CT molecular complexity index is 715. The summed E-state index contributed by atoms with van der Waals surface area (Å²) in [5.41, 5.74) is 16.7. The number of aliphatic carboxylic acids is 1. The summed E-state index contributed by atoms with van der Waals surface area (Å²) in [6.45, 7) is 7.85. The number of nitrogens with one attached hydrogen (secondary N) is 3. The van der Waals surface area contributed by atoms with Crippen molar-refractivity contribution in [2.45, 2.75) is 96.8 Å². The van der Waals surface area contributed by atoms with E-state index in [1.807, 2.05) is 27.7 Å². The maximum Gasteiger partial charge on any atom is 0.326 e. The lowest BCUT2D eigenvalue weighted by molar-refractivity contribution is -0.142. The van der Waals surface area contributed by atoms with Crippen LogP contribution in [0.5, 0.6) is 0 Å². The molecule has 4 atom stereocenters. The van der Waals surface area contributed by atoms with Crippen LogP contribution in [0.2, 0.25) is 0 Å². The molecule has 4 unspecified atom stereocenters. The van der Waals surface area contributed by atoms with Gasteiger partial charge in [0, 0.05) is 6.42 Å². The van der Waals surface area contributed by atoms with Gasteiger partial charge < -0.3 is 38.3 Å². The molecule has 0 aromatic heterocycles. The van der Waals surface area contributed by atoms with Crippen molar-refractivity contribution < 1.29 is 29.1 Å². The molecule has 0 heterocycles. The van der Waals surface area contributed by atoms with Gasteiger partial charge in [0.2, 0.25) is 23.6 Å². The van der Waals surface area contributed by atoms with Gasteiger partial charge in [-0.15, -0.1) is 0 Å². The molecule has 0 radical (unpaired) electrons. The minimum Gasteiger partial charge on any atom is -0.480 e. The molecule has 0 aliphatic heterocycles. The van der Waals surface area contributed by atoms with Gasteiger partial charge in [-0.3, -0.25) is 19.2 Å². The van der Waals surface area contributed by atoms with Crippen LogP contribution < -0.4 is 33.2 Å². The summed E-state index contributed by atoms with van der Waals surface area (Å²) in [4.78, 5) is 61.3. The molecule has 0 spiro atoms. The lowest BCUT2D eigenvalue weighted by Crippen LogP contribution is -2.57. The van der Waals surface area contributed by atoms with Crippen LogP contribution in [0.1, 0.15) is 72.6 Å². The van der Waals surface area contributed by atoms with Crippen LogP contribution in [0.3, 0.4) is 0 Å². The number of hydrogen-bond donors (Lipinski definition) is 7. The highest BCUT2D eigenvalue weighted by molar-refractivity contribution is 5.94. The van der Waals surface area contributed by atoms with E-state index in [0.717, 1.165) is 0 Å². The lowest BCUT2D eigenvalue weighted by Gasteiger charge is -2.25. The predicted molar refractivity (Wildman–Crippen MR) is 132 cm³/mol. The summed E-state index contributed by atoms with van der Waals surface area (Å²) in [6, 6.07) is -4.17. The van der Waals surface area contributed by atoms with E-state index in [9.17, 15) is 29.1 Å². The first-order valence-corrected chi connectivity index (χ1v) is 12.2. The van der Waals surface area contributed by atoms with E-state index in [1.165, 1.54) is 0 Å². The van der Waals surface area contributed by atoms with Crippen molar-refractivity contribution in [3.63, 3.8) is 0 Å². The molecule has 35 heavy (non-hydrogen) atoms. The Hall–Kier alpha value is -2.73. The number of amides is 4. The highest BCUT2D eigenvalue weighted by atomic mass is 16.4. The third-order valence-corrected chi connectivity index (χ3v) is 5.28. The number of unbranched alkanes of at least 4 members (excludes halogenated alkanes) is 1. The number of primary amides is 1. The quantitative estimate of drug-likeness (QED) is 0.119. The Morgan fingerprint density at radius 1 is 0.743 bits per heavy atom. The average Bonchev–Trinajstić information content (AvgIpc) is 2.74. The summed E-state index contributed by atoms with van der Waals surface area (Å²) in [5.74, 6) is -3.57. The molecule has 0 saturated heterocycles. The molecule has 0 aromatic rings. The molecule has 12 heteroatoms. The molecule has 0 rings (SSSR count). The second-order valence-electron chi connectivity index (χ2n) is 9.68. The molecule has 12 nitrogen and oxygen atoms in total. The van der Waals surface area contributed by atoms with Crippen LogP contribution >= 0.6 is 0 Å². The van der Waals surface area contributed by atoms with Crippen LogP contribution in [-0.2, 0) is 24.0 Å². The van der Waals surface area contributed by atoms with Gasteiger partial charge in [-0.1, -0.05) is 27.7 Å². The third kappa shape index (κ3) is 14.3. The molecular weight excluding hydrogens is 456 g/mol. The number of nitrogens with two attached hydrogens (primary N) is 3. The largest absolute Gasteiger partial charge is 0.480 e. The van der Waals surface area contributed by atoms with E-state index in [-0.39, 0.29) is 37.5 Å². The summed E-state index contributed by atoms with van der Waals surface area (Å²) in [6.07, 6.45) is 1.68. The molecule has 202 valence electrons. The molecule has 0 saturated carbocycles. The van der Waals surface area contributed by atoms with Gasteiger partial charge in [-0.25, -0.2) is 4.79 Å². The standard InChI is InChI=1S/C23H44N6O6/c1-13(2)11-15(25)20(31)27-17(8-9-19(26)30)22(33)28-16(7-5-6-10-24)21(32)29-18(23(34)35)12-14(3)4/h13-18H,5-12,24-25H2,1-4H3,(H2,26,30)(H,27,31)(H,28,33)(H,29,32)(H,34,35). The Morgan fingerprint density at radius 2 is 1.23 bits per heavy atom. The van der Waals surface area contributed by atoms with Gasteiger partial charge in [0.05, 0.1) is 6.04 Å². The average molecular weight is 501 g/mol. The fourth-order valence-electron chi connectivity index (χ4n) is 3.45. The first-order chi connectivity index (χ1) is 16.3. The second-order valence-corrected chi connectivity index (χ2v) is 9.68. The zero-order valence-electron chi connectivity index (χ0n) is 21.3. The minimum atomic E-state index is -1.18. The monoisotopic (exact) mass is 500 g/mol. The number of carboxylic acid groups (broad SMARTS) is 1. The van der Waals surface area contributed by atoms with E-state index in [2.05, 4.69) is 16.0 Å². The predicted octanol–water partition coefficient (Wildman–Crippen LogP) is -0.661. The number of carbonyl (C=O) groups excluding carboxylic acids is 4. The number of hydrogen-bond acceptors (Lipinski definition) is 7. The smallest absolute Gasteiger partial charge is 0.326 e. The van der Waals surface area contributed by atoms with E-state index in [4.69, 9.17) is 17.2 Å². The lowest BCUT2D eigenvalue weighted by atomic mass is 10.0. The molecule has 0 aromatic carbocycles. The third-order valence-electron chi connectivity index (χ3n) is 5.28. The second kappa shape index (κ2) is 16.8. The molecule has 0 bridgehead atoms. The Balaban J connectivity index is 5.57. The maximum absolute atomic E-state index is 13.0. The minimum absolute atomic E-state index is 0.0186. The molecule has 0 aliphatic rings. The van der Waals surface area contributed by atoms with E-state index in [0.29, 0.717) is 25.8 Å². The van der Waals surface area contributed by atoms with E-state index in [1.54, 1.807) is 0 Å². The molecule has 4 amide bonds. The highest BCUT2D eigenvalue weighted by Crippen LogP contribution is 2.09. The summed E-state index contributed by atoms with van der Waals surface area (Å²) >= 11 is 0. The highest BCUT2D eigenvalue weighted by Gasteiger charge is 2.30. The van der Waals surface area contributed by atoms with Crippen LogP contribution in [0, 0.1) is 11.8 Å². The van der Waals surface area contributed by atoms with E-state index < -0.39 is 53.8 Å². The van der Waals surface area contributed by atoms with Crippen molar-refractivity contribution in [3.05, 3.63) is 0 Å². The summed E-state index contributed by atoms with van der Waals surface area (Å²) in [5, 5.41) is 17.1. The van der Waals surface area contributed by atoms with Gasteiger partial charge in [0.15, 0.2) is 0 Å². The number of carbonyl (C=O) groups is 5. The van der Waals surface area contributed by atoms with Gasteiger partial charge in [-0.05, 0) is 56.9 Å². The first kappa shape index (κ1) is 32.3. The maximum atomic E-state index is 13.0. The van der Waals surface area contributed by atoms with Crippen molar-refractivity contribution in [1.29, 1.82) is 0 Å². The van der Waals surface area contributed by atoms with Gasteiger partial charge in [-0.2, -0.15) is 0 Å². The van der Waals surface area contributed by atoms with Crippen molar-refractivity contribution in [2.75, 3.05) is 6.54 Å². The summed E-state index contributed by atoms with van der Waals surface area (Å²) < 4.78 is 0. The van der Waals surface area contributed by atoms with Crippen molar-refractivity contribution in [1.82, 2.24) is 16.0 Å². The van der Waals surface area contributed by atoms with Crippen LogP contribution in [-0.4, -0.2) is 65.4 Å². The number of carboxylic acids is 1. The van der Waals surface area contributed by atoms with Gasteiger partial charge >= 0.3 is 5.97 Å². The normalized spacial score (nSPS) is 14.6. The van der Waals surface area contributed by atoms with Crippen LogP contribution in [0.4, 0.5) is 0 Å². The van der Waals surface area contributed by atoms with Crippen molar-refractivity contribution in [2.24, 2.45) is 29.0 Å². The summed E-state index contributed by atoms with van der Waals surface area (Å²) in [7, 11) is 0. The molecular formula is C23H44N6O6. The number of rotatable bonds is 18. The Kier molecular flexibility index (Phi) is 15.5. The van der Waals surface area contributed by atoms with Gasteiger partial charge in [0.1, 0.15) is 18.1 Å².